The molecule has 0 spiro atoms. The maximum absolute atomic E-state index is 13.5. The molecule has 0 bridgehead atoms. The van der Waals surface area contributed by atoms with Gasteiger partial charge in [0.1, 0.15) is 6.04 Å². The van der Waals surface area contributed by atoms with Gasteiger partial charge in [-0.25, -0.2) is 8.42 Å². The van der Waals surface area contributed by atoms with Gasteiger partial charge in [0.25, 0.3) is 0 Å². The summed E-state index contributed by atoms with van der Waals surface area (Å²) in [5.74, 6) is -0.460. The first kappa shape index (κ1) is 30.9. The fraction of sp³-hybridized carbons (Fsp3) is 0.481. The average Bonchev–Trinajstić information content (AvgIpc) is 2.82. The Morgan fingerprint density at radius 3 is 2.30 bits per heavy atom. The number of aryl methyl sites for hydroxylation is 1. The van der Waals surface area contributed by atoms with Gasteiger partial charge in [-0.1, -0.05) is 55.2 Å². The number of amides is 2. The van der Waals surface area contributed by atoms with Crippen LogP contribution in [0.15, 0.2) is 42.5 Å². The number of hydrogen-bond donors (Lipinski definition) is 1. The van der Waals surface area contributed by atoms with Gasteiger partial charge in [-0.2, -0.15) is 0 Å². The third kappa shape index (κ3) is 9.20. The van der Waals surface area contributed by atoms with Gasteiger partial charge in [0, 0.05) is 25.6 Å². The summed E-state index contributed by atoms with van der Waals surface area (Å²) in [6, 6.07) is 11.6. The standard InChI is InChI=1S/C27H37Cl2N3O4S/c1-6-20(4)30-27(34)25(7-2)31(18-21-13-14-23(28)24(29)17-21)26(33)12-9-15-32(37(5,35)36)22-11-8-10-19(3)16-22/h8,10-11,13-14,16-17,20,25H,6-7,9,12,15,18H2,1-5H3,(H,30,34)/t20-,25-/m1/s1. The van der Waals surface area contributed by atoms with Gasteiger partial charge in [0.2, 0.25) is 21.8 Å². The molecular formula is C27H37Cl2N3O4S. The third-order valence-electron chi connectivity index (χ3n) is 6.17. The number of rotatable bonds is 13. The van der Waals surface area contributed by atoms with E-state index in [4.69, 9.17) is 23.2 Å². The molecule has 2 aromatic rings. The van der Waals surface area contributed by atoms with Crippen LogP contribution in [0, 0.1) is 6.92 Å². The zero-order valence-electron chi connectivity index (χ0n) is 22.1. The van der Waals surface area contributed by atoms with E-state index in [2.05, 4.69) is 5.32 Å². The van der Waals surface area contributed by atoms with Gasteiger partial charge >= 0.3 is 0 Å². The summed E-state index contributed by atoms with van der Waals surface area (Å²) in [4.78, 5) is 28.1. The van der Waals surface area contributed by atoms with Crippen molar-refractivity contribution in [3.8, 4) is 0 Å². The summed E-state index contributed by atoms with van der Waals surface area (Å²) in [6.45, 7) is 7.97. The summed E-state index contributed by atoms with van der Waals surface area (Å²) in [5, 5.41) is 3.75. The van der Waals surface area contributed by atoms with Gasteiger partial charge in [0.05, 0.1) is 22.0 Å². The first-order valence-electron chi connectivity index (χ1n) is 12.5. The summed E-state index contributed by atoms with van der Waals surface area (Å²) in [6.07, 6.45) is 2.71. The Balaban J connectivity index is 2.25. The van der Waals surface area contributed by atoms with Crippen LogP contribution in [0.5, 0.6) is 0 Å². The minimum Gasteiger partial charge on any atom is -0.352 e. The second-order valence-electron chi connectivity index (χ2n) is 9.29. The summed E-state index contributed by atoms with van der Waals surface area (Å²) < 4.78 is 26.3. The highest BCUT2D eigenvalue weighted by molar-refractivity contribution is 7.92. The second-order valence-corrected chi connectivity index (χ2v) is 12.0. The molecule has 0 unspecified atom stereocenters. The monoisotopic (exact) mass is 569 g/mol. The van der Waals surface area contributed by atoms with Crippen molar-refractivity contribution < 1.29 is 18.0 Å². The fourth-order valence-corrected chi connectivity index (χ4v) is 5.26. The highest BCUT2D eigenvalue weighted by Gasteiger charge is 2.29. The molecule has 0 aliphatic rings. The number of sulfonamides is 1. The van der Waals surface area contributed by atoms with Crippen LogP contribution in [-0.4, -0.2) is 50.0 Å². The largest absolute Gasteiger partial charge is 0.352 e. The molecule has 0 aromatic heterocycles. The van der Waals surface area contributed by atoms with Crippen LogP contribution >= 0.6 is 23.2 Å². The lowest BCUT2D eigenvalue weighted by molar-refractivity contribution is -0.141. The van der Waals surface area contributed by atoms with E-state index in [0.717, 1.165) is 23.8 Å². The van der Waals surface area contributed by atoms with Crippen molar-refractivity contribution in [3.05, 3.63) is 63.6 Å². The first-order chi connectivity index (χ1) is 17.4. The molecule has 0 aliphatic heterocycles. The van der Waals surface area contributed by atoms with Crippen LogP contribution in [0.4, 0.5) is 5.69 Å². The van der Waals surface area contributed by atoms with Crippen molar-refractivity contribution in [2.75, 3.05) is 17.1 Å². The average molecular weight is 571 g/mol. The van der Waals surface area contributed by atoms with E-state index < -0.39 is 16.1 Å². The molecule has 0 fully saturated rings. The summed E-state index contributed by atoms with van der Waals surface area (Å²) in [5.41, 5.74) is 2.24. The number of nitrogens with zero attached hydrogens (tertiary/aromatic N) is 2. The molecular weight excluding hydrogens is 533 g/mol. The second kappa shape index (κ2) is 14.0. The van der Waals surface area contributed by atoms with E-state index in [1.165, 1.54) is 4.31 Å². The minimum absolute atomic E-state index is 0.0267. The van der Waals surface area contributed by atoms with Crippen LogP contribution in [0.25, 0.3) is 0 Å². The molecule has 7 nitrogen and oxygen atoms in total. The van der Waals surface area contributed by atoms with Crippen LogP contribution in [0.3, 0.4) is 0 Å². The molecule has 0 saturated heterocycles. The maximum Gasteiger partial charge on any atom is 0.243 e. The van der Waals surface area contributed by atoms with Crippen LogP contribution in [0.1, 0.15) is 57.6 Å². The number of nitrogens with one attached hydrogen (secondary N) is 1. The van der Waals surface area contributed by atoms with E-state index in [1.54, 1.807) is 41.3 Å². The van der Waals surface area contributed by atoms with Gasteiger partial charge < -0.3 is 10.2 Å². The normalized spacial score (nSPS) is 13.1. The number of hydrogen-bond acceptors (Lipinski definition) is 4. The van der Waals surface area contributed by atoms with Crippen LogP contribution in [-0.2, 0) is 26.2 Å². The summed E-state index contributed by atoms with van der Waals surface area (Å²) in [7, 11) is -3.54. The Hall–Kier alpha value is -2.29. The molecule has 2 aromatic carbocycles. The Morgan fingerprint density at radius 2 is 1.73 bits per heavy atom. The van der Waals surface area contributed by atoms with E-state index in [0.29, 0.717) is 28.6 Å². The lowest BCUT2D eigenvalue weighted by Gasteiger charge is -2.32. The highest BCUT2D eigenvalue weighted by atomic mass is 35.5. The zero-order chi connectivity index (χ0) is 27.8. The molecule has 2 amide bonds. The lowest BCUT2D eigenvalue weighted by atomic mass is 10.1. The Kier molecular flexibility index (Phi) is 11.7. The number of halogens is 2. The molecule has 0 heterocycles. The van der Waals surface area contributed by atoms with Crippen LogP contribution in [0.2, 0.25) is 10.0 Å². The number of anilines is 1. The van der Waals surface area contributed by atoms with Crippen molar-refractivity contribution in [1.29, 1.82) is 0 Å². The first-order valence-corrected chi connectivity index (χ1v) is 15.1. The van der Waals surface area contributed by atoms with Crippen molar-refractivity contribution in [1.82, 2.24) is 10.2 Å². The highest BCUT2D eigenvalue weighted by Crippen LogP contribution is 2.25. The topological polar surface area (TPSA) is 86.8 Å². The Labute approximate surface area is 231 Å². The molecule has 1 N–H and O–H groups in total. The predicted octanol–water partition coefficient (Wildman–Crippen LogP) is 5.57. The van der Waals surface area contributed by atoms with Gasteiger partial charge in [-0.15, -0.1) is 0 Å². The fourth-order valence-electron chi connectivity index (χ4n) is 3.98. The molecule has 0 saturated carbocycles. The lowest BCUT2D eigenvalue weighted by Crippen LogP contribution is -2.50. The molecule has 37 heavy (non-hydrogen) atoms. The van der Waals surface area contributed by atoms with Crippen molar-refractivity contribution in [2.45, 2.75) is 72.0 Å². The van der Waals surface area contributed by atoms with Gasteiger partial charge in [0.15, 0.2) is 0 Å². The molecule has 204 valence electrons. The number of carbonyl (C=O) groups excluding carboxylic acids is 2. The third-order valence-corrected chi connectivity index (χ3v) is 8.10. The number of benzene rings is 2. The molecule has 0 aliphatic carbocycles. The molecule has 10 heteroatoms. The van der Waals surface area contributed by atoms with Crippen molar-refractivity contribution in [2.24, 2.45) is 0 Å². The predicted molar refractivity (Wildman–Crippen MR) is 152 cm³/mol. The smallest absolute Gasteiger partial charge is 0.243 e. The van der Waals surface area contributed by atoms with Gasteiger partial charge in [-0.05, 0) is 68.5 Å². The van der Waals surface area contributed by atoms with Crippen LogP contribution < -0.4 is 9.62 Å². The van der Waals surface area contributed by atoms with E-state index in [-0.39, 0.29) is 37.4 Å². The van der Waals surface area contributed by atoms with Crippen molar-refractivity contribution in [3.63, 3.8) is 0 Å². The minimum atomic E-state index is -3.54. The molecule has 0 radical (unpaired) electrons. The van der Waals surface area contributed by atoms with E-state index in [1.807, 2.05) is 33.8 Å². The van der Waals surface area contributed by atoms with Gasteiger partial charge in [-0.3, -0.25) is 13.9 Å². The quantitative estimate of drug-likeness (QED) is 0.341. The molecule has 2 atom stereocenters. The van der Waals surface area contributed by atoms with E-state index >= 15 is 0 Å². The Morgan fingerprint density at radius 1 is 1.03 bits per heavy atom. The maximum atomic E-state index is 13.5. The van der Waals surface area contributed by atoms with Crippen molar-refractivity contribution >= 4 is 50.7 Å². The van der Waals surface area contributed by atoms with E-state index in [9.17, 15) is 18.0 Å². The Bertz CT molecular complexity index is 1190. The SMILES string of the molecule is CC[C@@H](C)NC(=O)[C@@H](CC)N(Cc1ccc(Cl)c(Cl)c1)C(=O)CCCN(c1cccc(C)c1)S(C)(=O)=O. The zero-order valence-corrected chi connectivity index (χ0v) is 24.5. The number of carbonyl (C=O) groups is 2. The summed E-state index contributed by atoms with van der Waals surface area (Å²) >= 11 is 12.3. The molecule has 2 rings (SSSR count).